The van der Waals surface area contributed by atoms with E-state index in [1.54, 1.807) is 0 Å². The Morgan fingerprint density at radius 3 is 3.00 bits per heavy atom. The first kappa shape index (κ1) is 8.52. The molecule has 0 aliphatic rings. The highest BCUT2D eigenvalue weighted by Gasteiger charge is 2.00. The molecule has 0 fully saturated rings. The zero-order valence-corrected chi connectivity index (χ0v) is 6.46. The van der Waals surface area contributed by atoms with Crippen molar-refractivity contribution in [1.29, 1.82) is 0 Å². The normalized spacial score (nSPS) is 9.42. The quantitative estimate of drug-likeness (QED) is 0.548. The van der Waals surface area contributed by atoms with E-state index in [-0.39, 0.29) is 12.5 Å². The van der Waals surface area contributed by atoms with Gasteiger partial charge >= 0.3 is 0 Å². The summed E-state index contributed by atoms with van der Waals surface area (Å²) < 4.78 is 17.6. The number of nitrogen functional groups attached to an aromatic ring is 1. The Hall–Kier alpha value is -1.58. The van der Waals surface area contributed by atoms with Crippen LogP contribution in [0.15, 0.2) is 23.2 Å². The second-order valence-corrected chi connectivity index (χ2v) is 2.18. The van der Waals surface area contributed by atoms with Gasteiger partial charge in [-0.1, -0.05) is 0 Å². The van der Waals surface area contributed by atoms with Crippen molar-refractivity contribution in [2.24, 2.45) is 4.99 Å². The first-order valence-electron chi connectivity index (χ1n) is 3.34. The molecule has 0 aliphatic carbocycles. The van der Waals surface area contributed by atoms with Gasteiger partial charge in [0.2, 0.25) is 0 Å². The van der Waals surface area contributed by atoms with Gasteiger partial charge in [0.05, 0.1) is 5.69 Å². The third-order valence-corrected chi connectivity index (χ3v) is 1.29. The smallest absolute Gasteiger partial charge is 0.178 e. The van der Waals surface area contributed by atoms with E-state index in [9.17, 15) is 4.39 Å². The van der Waals surface area contributed by atoms with Gasteiger partial charge in [-0.05, 0) is 18.9 Å². The van der Waals surface area contributed by atoms with Crippen LogP contribution in [0.5, 0.6) is 5.75 Å². The van der Waals surface area contributed by atoms with Gasteiger partial charge in [-0.25, -0.2) is 4.39 Å². The van der Waals surface area contributed by atoms with Gasteiger partial charge in [0.1, 0.15) is 11.6 Å². The van der Waals surface area contributed by atoms with E-state index in [1.807, 2.05) is 0 Å². The molecular weight excluding hydrogens is 159 g/mol. The maximum atomic E-state index is 12.6. The van der Waals surface area contributed by atoms with Crippen LogP contribution < -0.4 is 10.5 Å². The van der Waals surface area contributed by atoms with Crippen molar-refractivity contribution in [1.82, 2.24) is 0 Å². The van der Waals surface area contributed by atoms with E-state index < -0.39 is 0 Å². The van der Waals surface area contributed by atoms with E-state index >= 15 is 0 Å². The lowest BCUT2D eigenvalue weighted by molar-refractivity contribution is 0.332. The summed E-state index contributed by atoms with van der Waals surface area (Å²) in [5.74, 6) is -0.0920. The Balaban J connectivity index is 2.82. The molecule has 1 rings (SSSR count). The summed E-state index contributed by atoms with van der Waals surface area (Å²) >= 11 is 0. The molecule has 4 heteroatoms. The Bertz CT molecular complexity index is 288. The van der Waals surface area contributed by atoms with E-state index in [0.29, 0.717) is 11.4 Å². The molecule has 0 radical (unpaired) electrons. The van der Waals surface area contributed by atoms with E-state index in [4.69, 9.17) is 10.5 Å². The number of aliphatic imine (C=N–C) groups is 1. The van der Waals surface area contributed by atoms with Crippen LogP contribution in [0.2, 0.25) is 0 Å². The van der Waals surface area contributed by atoms with Crippen LogP contribution in [-0.2, 0) is 0 Å². The summed E-state index contributed by atoms with van der Waals surface area (Å²) in [6.07, 6.45) is 0. The minimum absolute atomic E-state index is 0.0770. The average Bonchev–Trinajstić information content (AvgIpc) is 2.07. The maximum Gasteiger partial charge on any atom is 0.178 e. The van der Waals surface area contributed by atoms with Crippen molar-refractivity contribution < 1.29 is 9.13 Å². The molecule has 0 aromatic heterocycles. The molecule has 0 amide bonds. The van der Waals surface area contributed by atoms with Gasteiger partial charge in [0.15, 0.2) is 6.73 Å². The molecule has 0 saturated carbocycles. The third-order valence-electron chi connectivity index (χ3n) is 1.29. The van der Waals surface area contributed by atoms with Crippen LogP contribution in [-0.4, -0.2) is 13.4 Å². The number of benzene rings is 1. The summed E-state index contributed by atoms with van der Waals surface area (Å²) in [6, 6.07) is 3.91. The average molecular weight is 168 g/mol. The molecule has 0 spiro atoms. The van der Waals surface area contributed by atoms with Crippen LogP contribution in [0, 0.1) is 5.82 Å². The van der Waals surface area contributed by atoms with Crippen molar-refractivity contribution in [3.8, 4) is 5.75 Å². The molecule has 3 nitrogen and oxygen atoms in total. The minimum atomic E-state index is -0.386. The van der Waals surface area contributed by atoms with Crippen molar-refractivity contribution in [3.05, 3.63) is 24.0 Å². The molecule has 0 atom stereocenters. The van der Waals surface area contributed by atoms with Gasteiger partial charge in [-0.2, -0.15) is 0 Å². The molecule has 2 N–H and O–H groups in total. The minimum Gasteiger partial charge on any atom is -0.469 e. The fraction of sp³-hybridized carbons (Fsp3) is 0.125. The summed E-state index contributed by atoms with van der Waals surface area (Å²) in [4.78, 5) is 3.45. The number of hydrogen-bond acceptors (Lipinski definition) is 3. The zero-order valence-electron chi connectivity index (χ0n) is 6.46. The molecule has 12 heavy (non-hydrogen) atoms. The van der Waals surface area contributed by atoms with Crippen LogP contribution in [0.1, 0.15) is 0 Å². The van der Waals surface area contributed by atoms with Gasteiger partial charge < -0.3 is 10.5 Å². The van der Waals surface area contributed by atoms with Gasteiger partial charge in [0.25, 0.3) is 0 Å². The highest BCUT2D eigenvalue weighted by Crippen LogP contribution is 2.21. The largest absolute Gasteiger partial charge is 0.469 e. The number of anilines is 1. The highest BCUT2D eigenvalue weighted by molar-refractivity contribution is 5.52. The third kappa shape index (κ3) is 1.95. The maximum absolute atomic E-state index is 12.6. The lowest BCUT2D eigenvalue weighted by Gasteiger charge is -2.05. The van der Waals surface area contributed by atoms with E-state index in [2.05, 4.69) is 11.7 Å². The Kier molecular flexibility index (Phi) is 2.63. The SMILES string of the molecule is C=NCOc1cc(F)ccc1N. The van der Waals surface area contributed by atoms with Crippen molar-refractivity contribution in [2.75, 3.05) is 12.5 Å². The number of nitrogens with two attached hydrogens (primary N) is 1. The first-order chi connectivity index (χ1) is 5.74. The lowest BCUT2D eigenvalue weighted by Crippen LogP contribution is -1.97. The molecule has 0 saturated heterocycles. The van der Waals surface area contributed by atoms with E-state index in [0.717, 1.165) is 0 Å². The fourth-order valence-electron chi connectivity index (χ4n) is 0.748. The molecule has 0 heterocycles. The summed E-state index contributed by atoms with van der Waals surface area (Å²) in [7, 11) is 0. The number of rotatable bonds is 3. The summed E-state index contributed by atoms with van der Waals surface area (Å²) in [5.41, 5.74) is 5.87. The molecule has 1 aromatic carbocycles. The van der Waals surface area contributed by atoms with Crippen molar-refractivity contribution in [2.45, 2.75) is 0 Å². The summed E-state index contributed by atoms with van der Waals surface area (Å²) in [6.45, 7) is 3.30. The van der Waals surface area contributed by atoms with Crippen LogP contribution in [0.3, 0.4) is 0 Å². The molecule has 0 aliphatic heterocycles. The molecule has 0 bridgehead atoms. The van der Waals surface area contributed by atoms with Crippen LogP contribution in [0.25, 0.3) is 0 Å². The molecule has 0 unspecified atom stereocenters. The zero-order chi connectivity index (χ0) is 8.97. The molecule has 64 valence electrons. The standard InChI is InChI=1S/C8H9FN2O/c1-11-5-12-8-4-6(9)2-3-7(8)10/h2-4H,1,5,10H2. The Morgan fingerprint density at radius 1 is 1.58 bits per heavy atom. The Morgan fingerprint density at radius 2 is 2.33 bits per heavy atom. The molecular formula is C8H9FN2O. The number of nitrogens with zero attached hydrogens (tertiary/aromatic N) is 1. The number of ether oxygens (including phenoxy) is 1. The van der Waals surface area contributed by atoms with Gasteiger partial charge in [-0.15, -0.1) is 0 Å². The number of halogens is 1. The van der Waals surface area contributed by atoms with Gasteiger partial charge in [0, 0.05) is 6.07 Å². The van der Waals surface area contributed by atoms with Crippen molar-refractivity contribution in [3.63, 3.8) is 0 Å². The lowest BCUT2D eigenvalue weighted by atomic mass is 10.3. The second kappa shape index (κ2) is 3.71. The predicted octanol–water partition coefficient (Wildman–Crippen LogP) is 1.44. The van der Waals surface area contributed by atoms with Crippen molar-refractivity contribution >= 4 is 12.4 Å². The Labute approximate surface area is 69.7 Å². The van der Waals surface area contributed by atoms with Crippen LogP contribution >= 0.6 is 0 Å². The monoisotopic (exact) mass is 168 g/mol. The fourth-order valence-corrected chi connectivity index (χ4v) is 0.748. The highest BCUT2D eigenvalue weighted by atomic mass is 19.1. The first-order valence-corrected chi connectivity index (χ1v) is 3.34. The second-order valence-electron chi connectivity index (χ2n) is 2.18. The summed E-state index contributed by atoms with van der Waals surface area (Å²) in [5, 5.41) is 0. The topological polar surface area (TPSA) is 47.6 Å². The van der Waals surface area contributed by atoms with Crippen LogP contribution in [0.4, 0.5) is 10.1 Å². The molecule has 1 aromatic rings. The predicted molar refractivity (Wildman–Crippen MR) is 45.9 cm³/mol. The van der Waals surface area contributed by atoms with Gasteiger partial charge in [-0.3, -0.25) is 4.99 Å². The van der Waals surface area contributed by atoms with E-state index in [1.165, 1.54) is 18.2 Å². The number of hydrogen-bond donors (Lipinski definition) is 1.